The van der Waals surface area contributed by atoms with Gasteiger partial charge in [0.15, 0.2) is 0 Å². The van der Waals surface area contributed by atoms with Crippen LogP contribution in [0.5, 0.6) is 0 Å². The molecule has 0 aromatic heterocycles. The molecule has 100 valence electrons. The normalized spacial score (nSPS) is 15.8. The van der Waals surface area contributed by atoms with E-state index in [9.17, 15) is 4.57 Å². The molecule has 16 heavy (non-hydrogen) atoms. The number of hydrogen-bond donors (Lipinski definition) is 0. The average molecular weight is 272 g/mol. The second kappa shape index (κ2) is 5.93. The van der Waals surface area contributed by atoms with E-state index in [1.807, 2.05) is 0 Å². The molecule has 0 aromatic carbocycles. The van der Waals surface area contributed by atoms with Gasteiger partial charge in [0.25, 0.3) is 0 Å². The van der Waals surface area contributed by atoms with Gasteiger partial charge in [-0.2, -0.15) is 0 Å². The van der Waals surface area contributed by atoms with Crippen LogP contribution in [0.25, 0.3) is 0 Å². The number of hydrogen-bond acceptors (Lipinski definition) is 4. The van der Waals surface area contributed by atoms with Crippen LogP contribution >= 0.6 is 14.7 Å². The molecule has 0 bridgehead atoms. The molecular weight excluding hydrogens is 246 g/mol. The van der Waals surface area contributed by atoms with Crippen LogP contribution in [-0.4, -0.2) is 38.9 Å². The third-order valence-electron chi connectivity index (χ3n) is 3.98. The van der Waals surface area contributed by atoms with Crippen molar-refractivity contribution in [3.63, 3.8) is 0 Å². The van der Waals surface area contributed by atoms with E-state index in [0.717, 1.165) is 24.6 Å². The first-order chi connectivity index (χ1) is 7.38. The summed E-state index contributed by atoms with van der Waals surface area (Å²) < 4.78 is 28.0. The van der Waals surface area contributed by atoms with Gasteiger partial charge in [-0.1, -0.05) is 0 Å². The topological polar surface area (TPSA) is 44.8 Å². The SMILES string of the molecule is CCP(CC)(CC)(CC)OP(=O)(OC)OC. The first kappa shape index (κ1) is 16.5. The van der Waals surface area contributed by atoms with Gasteiger partial charge >= 0.3 is 99.1 Å². The van der Waals surface area contributed by atoms with E-state index in [1.165, 1.54) is 14.2 Å². The van der Waals surface area contributed by atoms with Crippen LogP contribution in [0.2, 0.25) is 0 Å². The summed E-state index contributed by atoms with van der Waals surface area (Å²) in [7, 11) is -0.641. The summed E-state index contributed by atoms with van der Waals surface area (Å²) >= 11 is 0. The Morgan fingerprint density at radius 3 is 1.38 bits per heavy atom. The quantitative estimate of drug-likeness (QED) is 0.627. The predicted octanol–water partition coefficient (Wildman–Crippen LogP) is 3.95. The summed E-state index contributed by atoms with van der Waals surface area (Å²) in [5, 5.41) is 0. The zero-order chi connectivity index (χ0) is 12.9. The average Bonchev–Trinajstić information content (AvgIpc) is 2.37. The minimum absolute atomic E-state index is 0.909. The first-order valence-corrected chi connectivity index (χ1v) is 10.2. The van der Waals surface area contributed by atoms with Crippen molar-refractivity contribution in [2.24, 2.45) is 0 Å². The van der Waals surface area contributed by atoms with Crippen LogP contribution < -0.4 is 0 Å². The van der Waals surface area contributed by atoms with Gasteiger partial charge in [0.05, 0.1) is 0 Å². The Morgan fingerprint density at radius 1 is 0.875 bits per heavy atom. The number of phosphoric acid groups is 1. The summed E-state index contributed by atoms with van der Waals surface area (Å²) in [6, 6.07) is 0. The Hall–Kier alpha value is 0.540. The van der Waals surface area contributed by atoms with Gasteiger partial charge in [-0.3, -0.25) is 0 Å². The molecule has 0 heterocycles. The van der Waals surface area contributed by atoms with Crippen molar-refractivity contribution < 1.29 is 17.9 Å². The molecule has 0 spiro atoms. The van der Waals surface area contributed by atoms with Crippen LogP contribution in [0.15, 0.2) is 0 Å². The first-order valence-electron chi connectivity index (χ1n) is 5.82. The maximum atomic E-state index is 12.2. The second-order valence-electron chi connectivity index (χ2n) is 4.02. The van der Waals surface area contributed by atoms with Gasteiger partial charge in [-0.25, -0.2) is 0 Å². The van der Waals surface area contributed by atoms with Gasteiger partial charge in [0, 0.05) is 0 Å². The van der Waals surface area contributed by atoms with Crippen LogP contribution in [-0.2, 0) is 17.9 Å². The van der Waals surface area contributed by atoms with Crippen molar-refractivity contribution in [1.82, 2.24) is 0 Å². The fourth-order valence-electron chi connectivity index (χ4n) is 2.00. The molecule has 0 fully saturated rings. The van der Waals surface area contributed by atoms with Crippen molar-refractivity contribution in [1.29, 1.82) is 0 Å². The Labute approximate surface area is 99.7 Å². The summed E-state index contributed by atoms with van der Waals surface area (Å²) in [5.74, 6) is 0. The van der Waals surface area contributed by atoms with Crippen LogP contribution in [0.4, 0.5) is 0 Å². The Morgan fingerprint density at radius 2 is 1.19 bits per heavy atom. The van der Waals surface area contributed by atoms with Crippen molar-refractivity contribution in [2.75, 3.05) is 38.9 Å². The van der Waals surface area contributed by atoms with E-state index in [1.54, 1.807) is 0 Å². The zero-order valence-corrected chi connectivity index (χ0v) is 13.1. The van der Waals surface area contributed by atoms with Crippen molar-refractivity contribution >= 4 is 14.7 Å². The van der Waals surface area contributed by atoms with Gasteiger partial charge in [-0.05, 0) is 0 Å². The summed E-state index contributed by atoms with van der Waals surface area (Å²) in [5.41, 5.74) is 0. The third kappa shape index (κ3) is 3.05. The molecule has 0 atom stereocenters. The number of rotatable bonds is 8. The van der Waals surface area contributed by atoms with Crippen molar-refractivity contribution in [3.8, 4) is 0 Å². The van der Waals surface area contributed by atoms with Gasteiger partial charge in [0.2, 0.25) is 0 Å². The molecule has 0 unspecified atom stereocenters. The van der Waals surface area contributed by atoms with E-state index in [2.05, 4.69) is 27.7 Å². The molecule has 0 N–H and O–H groups in total. The van der Waals surface area contributed by atoms with E-state index in [4.69, 9.17) is 13.4 Å². The number of phosphoric ester groups is 1. The summed E-state index contributed by atoms with van der Waals surface area (Å²) in [6.45, 7) is 6.00. The molecule has 0 aliphatic rings. The second-order valence-corrected chi connectivity index (χ2v) is 12.5. The molecule has 0 saturated carbocycles. The Kier molecular flexibility index (Phi) is 6.13. The van der Waals surface area contributed by atoms with Gasteiger partial charge in [0.1, 0.15) is 0 Å². The molecule has 6 heteroatoms. The minimum atomic E-state index is -3.38. The molecule has 0 aromatic rings. The molecule has 0 amide bonds. The fraction of sp³-hybridized carbons (Fsp3) is 1.00. The van der Waals surface area contributed by atoms with Gasteiger partial charge in [-0.15, -0.1) is 0 Å². The molecule has 4 nitrogen and oxygen atoms in total. The van der Waals surface area contributed by atoms with Crippen LogP contribution in [0.3, 0.4) is 0 Å². The Balaban J connectivity index is 5.30. The van der Waals surface area contributed by atoms with E-state index >= 15 is 0 Å². The molecule has 0 saturated heterocycles. The van der Waals surface area contributed by atoms with E-state index < -0.39 is 14.7 Å². The molecule has 0 rings (SSSR count). The molecule has 0 aliphatic heterocycles. The third-order valence-corrected chi connectivity index (χ3v) is 13.9. The zero-order valence-electron chi connectivity index (χ0n) is 11.4. The Bertz CT molecular complexity index is 232. The van der Waals surface area contributed by atoms with E-state index in [-0.39, 0.29) is 0 Å². The molecule has 0 aliphatic carbocycles. The molecule has 0 radical (unpaired) electrons. The summed E-state index contributed by atoms with van der Waals surface area (Å²) in [4.78, 5) is 0. The maximum absolute atomic E-state index is 12.2. The summed E-state index contributed by atoms with van der Waals surface area (Å²) in [6.07, 6.45) is 3.63. The van der Waals surface area contributed by atoms with Crippen LogP contribution in [0.1, 0.15) is 27.7 Å². The fourth-order valence-corrected chi connectivity index (χ4v) is 9.47. The van der Waals surface area contributed by atoms with Crippen molar-refractivity contribution in [3.05, 3.63) is 0 Å². The monoisotopic (exact) mass is 272 g/mol. The molecular formula is C10H26O4P2. The predicted molar refractivity (Wildman–Crippen MR) is 71.8 cm³/mol. The van der Waals surface area contributed by atoms with Crippen LogP contribution in [0, 0.1) is 0 Å². The van der Waals surface area contributed by atoms with Crippen molar-refractivity contribution in [2.45, 2.75) is 27.7 Å². The van der Waals surface area contributed by atoms with E-state index in [0.29, 0.717) is 0 Å². The van der Waals surface area contributed by atoms with Gasteiger partial charge < -0.3 is 0 Å². The standard InChI is InChI=1S/C10H26O4P2/c1-7-16(8-2,9-3,10-4)14-15(11,12-5)13-6/h7-10H2,1-6H3.